The van der Waals surface area contributed by atoms with Gasteiger partial charge in [0.2, 0.25) is 0 Å². The van der Waals surface area contributed by atoms with Crippen LogP contribution in [0, 0.1) is 0 Å². The number of nitrogens with zero attached hydrogens (tertiary/aromatic N) is 4. The van der Waals surface area contributed by atoms with Crippen LogP contribution in [0.3, 0.4) is 0 Å². The van der Waals surface area contributed by atoms with Gasteiger partial charge in [0.15, 0.2) is 0 Å². The Labute approximate surface area is 531 Å². The second-order valence-electron chi connectivity index (χ2n) is 28.9. The zero-order valence-electron chi connectivity index (χ0n) is 54.2. The van der Waals surface area contributed by atoms with Crippen molar-refractivity contribution in [1.29, 1.82) is 0 Å². The Morgan fingerprint density at radius 1 is 0.322 bits per heavy atom. The largest absolute Gasteiger partial charge is 0.310 e. The molecule has 0 spiro atoms. The summed E-state index contributed by atoms with van der Waals surface area (Å²) in [7, 11) is 0. The molecule has 4 nitrogen and oxygen atoms in total. The Bertz CT molecular complexity index is 5180. The molecule has 0 aliphatic heterocycles. The van der Waals surface area contributed by atoms with E-state index in [2.05, 4.69) is 294 Å². The number of anilines is 6. The summed E-state index contributed by atoms with van der Waals surface area (Å²) < 4.78 is 5.09. The second kappa shape index (κ2) is 21.3. The van der Waals surface area contributed by atoms with Crippen molar-refractivity contribution in [3.63, 3.8) is 0 Å². The Morgan fingerprint density at radius 2 is 0.722 bits per heavy atom. The van der Waals surface area contributed by atoms with E-state index in [1.165, 1.54) is 192 Å². The maximum Gasteiger partial charge on any atom is 0.0562 e. The molecule has 2 heterocycles. The molecule has 2 aromatic heterocycles. The molecule has 90 heavy (non-hydrogen) atoms. The van der Waals surface area contributed by atoms with Crippen molar-refractivity contribution in [2.45, 2.75) is 143 Å². The smallest absolute Gasteiger partial charge is 0.0562 e. The molecule has 0 fully saturated rings. The molecule has 14 aromatic rings. The molecule has 2 aliphatic carbocycles. The van der Waals surface area contributed by atoms with E-state index >= 15 is 0 Å². The molecular formula is C86H82N4. The lowest BCUT2D eigenvalue weighted by Crippen LogP contribution is -2.17. The second-order valence-corrected chi connectivity index (χ2v) is 28.9. The Kier molecular flexibility index (Phi) is 13.3. The van der Waals surface area contributed by atoms with Crippen molar-refractivity contribution in [3.8, 4) is 11.4 Å². The highest BCUT2D eigenvalue weighted by Crippen LogP contribution is 2.54. The summed E-state index contributed by atoms with van der Waals surface area (Å²) in [6.07, 6.45) is 9.15. The third kappa shape index (κ3) is 8.82. The van der Waals surface area contributed by atoms with Gasteiger partial charge in [0, 0.05) is 66.4 Å². The summed E-state index contributed by atoms with van der Waals surface area (Å²) in [5, 5.41) is 13.0. The maximum absolute atomic E-state index is 2.69. The third-order valence-electron chi connectivity index (χ3n) is 20.6. The maximum atomic E-state index is 2.69. The van der Waals surface area contributed by atoms with Gasteiger partial charge < -0.3 is 18.9 Å². The van der Waals surface area contributed by atoms with Gasteiger partial charge in [-0.3, -0.25) is 0 Å². The van der Waals surface area contributed by atoms with Crippen LogP contribution < -0.4 is 9.80 Å². The van der Waals surface area contributed by atoms with Crippen LogP contribution in [0.4, 0.5) is 34.1 Å². The number of fused-ring (bicyclic) bond motifs is 8. The van der Waals surface area contributed by atoms with Crippen molar-refractivity contribution in [2.75, 3.05) is 9.80 Å². The van der Waals surface area contributed by atoms with Gasteiger partial charge in [-0.1, -0.05) is 197 Å². The van der Waals surface area contributed by atoms with E-state index in [1.54, 1.807) is 0 Å². The molecule has 0 bridgehead atoms. The van der Waals surface area contributed by atoms with Crippen molar-refractivity contribution >= 4 is 110 Å². The van der Waals surface area contributed by atoms with Crippen LogP contribution in [0.25, 0.3) is 87.3 Å². The molecule has 2 aliphatic rings. The first-order valence-electron chi connectivity index (χ1n) is 33.5. The first-order valence-corrected chi connectivity index (χ1v) is 33.5. The minimum Gasteiger partial charge on any atom is -0.310 e. The van der Waals surface area contributed by atoms with Crippen LogP contribution in [0.5, 0.6) is 0 Å². The Hall–Kier alpha value is -9.12. The summed E-state index contributed by atoms with van der Waals surface area (Å²) in [5.74, 6) is 0.501. The Morgan fingerprint density at radius 3 is 1.23 bits per heavy atom. The first kappa shape index (κ1) is 56.1. The van der Waals surface area contributed by atoms with Crippen LogP contribution >= 0.6 is 0 Å². The van der Waals surface area contributed by atoms with E-state index in [1.807, 2.05) is 0 Å². The van der Waals surface area contributed by atoms with Gasteiger partial charge in [-0.25, -0.2) is 0 Å². The summed E-state index contributed by atoms with van der Waals surface area (Å²) in [5.41, 5.74) is 26.0. The van der Waals surface area contributed by atoms with Crippen LogP contribution in [-0.4, -0.2) is 9.13 Å². The predicted molar refractivity (Wildman–Crippen MR) is 387 cm³/mol. The van der Waals surface area contributed by atoms with Gasteiger partial charge >= 0.3 is 0 Å². The summed E-state index contributed by atoms with van der Waals surface area (Å²) >= 11 is 0. The molecule has 16 rings (SSSR count). The van der Waals surface area contributed by atoms with E-state index in [-0.39, 0.29) is 22.7 Å². The minimum atomic E-state index is -0.0720. The standard InChI is InChI=1S/C86H82N4/c1-53(2)68-51-81(87(73-39-23-27-55-25-11-13-29-59(55)73)57-42-48-77-70(49-57)62-32-16-20-36-76(62)89(77)78-37-21-17-33-71(78)85(5,6)7)66-46-44-65-69(54(3)4)52-82(67-47-45-64(68)83(66)84(65)67)88(74-40-24-28-56-26-12-14-30-60(56)74)58-41-43-63-61-31-15-19-35-75(61)90(80(63)50-58)79-38-22-18-34-72(79)86(8,9)10/h15-24,27-28,31-54H,11-14,25-26,29-30H2,1-10H3. The fourth-order valence-corrected chi connectivity index (χ4v) is 16.4. The topological polar surface area (TPSA) is 16.3 Å². The fourth-order valence-electron chi connectivity index (χ4n) is 16.4. The zero-order chi connectivity index (χ0) is 61.5. The minimum absolute atomic E-state index is 0.0490. The predicted octanol–water partition coefficient (Wildman–Crippen LogP) is 24.3. The quantitative estimate of drug-likeness (QED) is 0.127. The highest BCUT2D eigenvalue weighted by Gasteiger charge is 2.31. The third-order valence-corrected chi connectivity index (χ3v) is 20.6. The average molecular weight is 1170 g/mol. The zero-order valence-corrected chi connectivity index (χ0v) is 54.2. The number of aromatic nitrogens is 2. The van der Waals surface area contributed by atoms with E-state index in [0.717, 1.165) is 25.7 Å². The van der Waals surface area contributed by atoms with E-state index in [9.17, 15) is 0 Å². The lowest BCUT2D eigenvalue weighted by molar-refractivity contribution is 0.587. The number of hydrogen-bond acceptors (Lipinski definition) is 2. The number of rotatable bonds is 10. The van der Waals surface area contributed by atoms with Gasteiger partial charge in [0.25, 0.3) is 0 Å². The highest BCUT2D eigenvalue weighted by molar-refractivity contribution is 6.30. The van der Waals surface area contributed by atoms with Gasteiger partial charge in [-0.15, -0.1) is 0 Å². The lowest BCUT2D eigenvalue weighted by Gasteiger charge is -2.34. The molecule has 0 amide bonds. The van der Waals surface area contributed by atoms with Crippen LogP contribution in [0.1, 0.15) is 151 Å². The number of aryl methyl sites for hydroxylation is 2. The van der Waals surface area contributed by atoms with Crippen LogP contribution in [0.2, 0.25) is 0 Å². The molecule has 0 unspecified atom stereocenters. The van der Waals surface area contributed by atoms with Gasteiger partial charge in [-0.2, -0.15) is 0 Å². The molecule has 0 radical (unpaired) electrons. The molecule has 12 aromatic carbocycles. The van der Waals surface area contributed by atoms with E-state index in [0.29, 0.717) is 0 Å². The number of benzene rings is 12. The van der Waals surface area contributed by atoms with Crippen LogP contribution in [-0.2, 0) is 36.5 Å². The monoisotopic (exact) mass is 1170 g/mol. The molecule has 0 saturated carbocycles. The summed E-state index contributed by atoms with van der Waals surface area (Å²) in [6, 6.07) is 80.4. The van der Waals surface area contributed by atoms with Crippen molar-refractivity contribution < 1.29 is 0 Å². The average Bonchev–Trinajstić information content (AvgIpc) is 0.775. The number of para-hydroxylation sites is 4. The normalized spacial score (nSPS) is 14.0. The summed E-state index contributed by atoms with van der Waals surface area (Å²) in [4.78, 5) is 5.38. The molecule has 0 N–H and O–H groups in total. The Balaban J connectivity index is 0.991. The summed E-state index contributed by atoms with van der Waals surface area (Å²) in [6.45, 7) is 23.7. The van der Waals surface area contributed by atoms with Crippen molar-refractivity contribution in [1.82, 2.24) is 9.13 Å². The highest BCUT2D eigenvalue weighted by atomic mass is 15.2. The number of hydrogen-bond donors (Lipinski definition) is 0. The molecule has 4 heteroatoms. The fraction of sp³-hybridized carbons (Fsp3) is 0.256. The molecule has 0 atom stereocenters. The van der Waals surface area contributed by atoms with Crippen LogP contribution in [0.15, 0.2) is 206 Å². The van der Waals surface area contributed by atoms with E-state index in [4.69, 9.17) is 0 Å². The van der Waals surface area contributed by atoms with Crippen molar-refractivity contribution in [2.24, 2.45) is 0 Å². The first-order chi connectivity index (χ1) is 43.6. The molecule has 0 saturated heterocycles. The SMILES string of the molecule is CC(C)c1cc(N(c2ccc3c(c2)c2ccccc2n3-c2ccccc2C(C)(C)C)c2cccc3c2CCCC3)c2ccc3c(C(C)C)cc(N(c4ccc5c6ccccc6n(-c6ccccc6C(C)(C)C)c5c4)c4cccc5c4CCCC5)c4ccc1c2c34. The van der Waals surface area contributed by atoms with Crippen molar-refractivity contribution in [3.05, 3.63) is 251 Å². The van der Waals surface area contributed by atoms with Gasteiger partial charge in [0.1, 0.15) is 0 Å². The molecular weight excluding hydrogens is 1090 g/mol. The van der Waals surface area contributed by atoms with Gasteiger partial charge in [-0.05, 0) is 219 Å². The van der Waals surface area contributed by atoms with Gasteiger partial charge in [0.05, 0.1) is 33.4 Å². The molecule has 446 valence electrons. The lowest BCUT2D eigenvalue weighted by atomic mass is 9.83. The van der Waals surface area contributed by atoms with E-state index < -0.39 is 0 Å².